The monoisotopic (exact) mass is 638 g/mol. The molecule has 0 saturated heterocycles. The number of aromatic nitrogens is 3. The molecule has 0 atom stereocenters. The summed E-state index contributed by atoms with van der Waals surface area (Å²) in [5, 5.41) is 1.38. The maximum atomic E-state index is 17.3. The van der Waals surface area contributed by atoms with E-state index in [2.05, 4.69) is 0 Å². The summed E-state index contributed by atoms with van der Waals surface area (Å²) < 4.78 is 37.0. The Hall–Kier alpha value is -4.99. The topological polar surface area (TPSA) is 33.7 Å². The lowest BCUT2D eigenvalue weighted by Gasteiger charge is -2.34. The van der Waals surface area contributed by atoms with Crippen LogP contribution in [0.1, 0.15) is 16.8 Å². The standard InChI is InChI=1S/C37H25BF2N4S2/c39-38(40)43-30(26-13-5-1-6-14-26)21-23-32(43)34(33-24-22-31(44(33)38)27-15-7-2-8-16-27)35-36(45-28-17-9-3-10-18-28)41-25-42-37(35)46-29-19-11-4-12-20-29/h1-25H. The van der Waals surface area contributed by atoms with Crippen LogP contribution >= 0.6 is 23.5 Å². The third-order valence-corrected chi connectivity index (χ3v) is 10.1. The summed E-state index contributed by atoms with van der Waals surface area (Å²) in [6.07, 6.45) is 5.17. The minimum Gasteiger partial charge on any atom is -0.389 e. The number of benzene rings is 4. The molecule has 2 aliphatic rings. The molecule has 0 saturated carbocycles. The van der Waals surface area contributed by atoms with E-state index < -0.39 is 6.97 Å². The Kier molecular flexibility index (Phi) is 7.27. The van der Waals surface area contributed by atoms with E-state index in [0.29, 0.717) is 49.5 Å². The smallest absolute Gasteiger partial charge is 0.389 e. The van der Waals surface area contributed by atoms with Crippen molar-refractivity contribution in [2.24, 2.45) is 0 Å². The number of nitrogens with zero attached hydrogens (tertiary/aromatic N) is 4. The van der Waals surface area contributed by atoms with Gasteiger partial charge >= 0.3 is 6.97 Å². The van der Waals surface area contributed by atoms with Gasteiger partial charge in [-0.05, 0) is 54.1 Å². The van der Waals surface area contributed by atoms with Gasteiger partial charge in [0.2, 0.25) is 0 Å². The van der Waals surface area contributed by atoms with E-state index in [9.17, 15) is 0 Å². The molecule has 0 bridgehead atoms. The van der Waals surface area contributed by atoms with Crippen LogP contribution in [0.3, 0.4) is 0 Å². The Morgan fingerprint density at radius 1 is 0.565 bits per heavy atom. The number of halogens is 2. The average Bonchev–Trinajstić information content (AvgIpc) is 3.75. The minimum absolute atomic E-state index is 0.425. The number of hydrogen-bond donors (Lipinski definition) is 0. The normalized spacial score (nSPS) is 14.8. The van der Waals surface area contributed by atoms with E-state index in [1.165, 1.54) is 32.5 Å². The molecule has 0 unspecified atom stereocenters. The van der Waals surface area contributed by atoms with Crippen molar-refractivity contribution in [2.45, 2.75) is 19.8 Å². The van der Waals surface area contributed by atoms with Crippen molar-refractivity contribution in [1.29, 1.82) is 0 Å². The van der Waals surface area contributed by atoms with Gasteiger partial charge in [0.15, 0.2) is 11.4 Å². The number of allylic oxidation sites excluding steroid dienone is 2. The van der Waals surface area contributed by atoms with Crippen LogP contribution in [-0.4, -0.2) is 31.6 Å². The zero-order chi connectivity index (χ0) is 31.1. The summed E-state index contributed by atoms with van der Waals surface area (Å²) in [6.45, 7) is -4.30. The molecule has 46 heavy (non-hydrogen) atoms. The van der Waals surface area contributed by atoms with Crippen LogP contribution in [0.4, 0.5) is 8.63 Å². The molecule has 4 nitrogen and oxygen atoms in total. The van der Waals surface area contributed by atoms with E-state index in [-0.39, 0.29) is 0 Å². The molecule has 0 fully saturated rings. The van der Waals surface area contributed by atoms with Crippen LogP contribution in [0.15, 0.2) is 177 Å². The highest BCUT2D eigenvalue weighted by Gasteiger charge is 2.55. The summed E-state index contributed by atoms with van der Waals surface area (Å²) in [4.78, 5) is 11.5. The second-order valence-electron chi connectivity index (χ2n) is 10.8. The molecular weight excluding hydrogens is 613 g/mol. The first-order valence-corrected chi connectivity index (χ1v) is 16.5. The van der Waals surface area contributed by atoms with Crippen molar-refractivity contribution in [3.05, 3.63) is 174 Å². The van der Waals surface area contributed by atoms with Crippen molar-refractivity contribution in [1.82, 2.24) is 14.4 Å². The SMILES string of the molecule is F[B-]1(F)n2c(ccc2-c2ccccc2)C(c2c(Sc3ccccc3)ncnc2Sc2ccccc2)=C2C=CC(c3ccccc3)=[N+]21. The predicted octanol–water partition coefficient (Wildman–Crippen LogP) is 9.31. The first-order chi connectivity index (χ1) is 22.6. The maximum absolute atomic E-state index is 17.3. The Labute approximate surface area is 273 Å². The van der Waals surface area contributed by atoms with Gasteiger partial charge in [-0.15, -0.1) is 0 Å². The van der Waals surface area contributed by atoms with Crippen LogP contribution < -0.4 is 0 Å². The quantitative estimate of drug-likeness (QED) is 0.129. The van der Waals surface area contributed by atoms with Crippen molar-refractivity contribution >= 4 is 41.8 Å². The molecule has 2 aromatic heterocycles. The predicted molar refractivity (Wildman–Crippen MR) is 182 cm³/mol. The fourth-order valence-electron chi connectivity index (χ4n) is 6.09. The molecule has 2 aliphatic heterocycles. The van der Waals surface area contributed by atoms with Gasteiger partial charge in [0.25, 0.3) is 0 Å². The van der Waals surface area contributed by atoms with E-state index >= 15 is 8.63 Å². The lowest BCUT2D eigenvalue weighted by atomic mass is 9.85. The Morgan fingerprint density at radius 2 is 1.07 bits per heavy atom. The number of rotatable bonds is 7. The summed E-state index contributed by atoms with van der Waals surface area (Å²) in [7, 11) is 0. The largest absolute Gasteiger partial charge is 0.737 e. The third kappa shape index (κ3) is 4.92. The molecule has 0 spiro atoms. The maximum Gasteiger partial charge on any atom is 0.737 e. The average molecular weight is 639 g/mol. The van der Waals surface area contributed by atoms with Gasteiger partial charge < -0.3 is 17.6 Å². The van der Waals surface area contributed by atoms with Crippen LogP contribution in [0.5, 0.6) is 0 Å². The van der Waals surface area contributed by atoms with Gasteiger partial charge in [-0.1, -0.05) is 108 Å². The second kappa shape index (κ2) is 11.7. The minimum atomic E-state index is -4.30. The van der Waals surface area contributed by atoms with Crippen LogP contribution in [-0.2, 0) is 0 Å². The first-order valence-electron chi connectivity index (χ1n) is 14.8. The van der Waals surface area contributed by atoms with Gasteiger partial charge in [-0.25, -0.2) is 9.97 Å². The molecule has 9 heteroatoms. The fourth-order valence-corrected chi connectivity index (χ4v) is 7.99. The van der Waals surface area contributed by atoms with Gasteiger partial charge in [-0.3, -0.25) is 0 Å². The molecule has 0 radical (unpaired) electrons. The second-order valence-corrected chi connectivity index (χ2v) is 13.0. The molecule has 0 amide bonds. The van der Waals surface area contributed by atoms with E-state index in [1.54, 1.807) is 18.5 Å². The van der Waals surface area contributed by atoms with Gasteiger partial charge in [0.05, 0.1) is 11.1 Å². The molecule has 4 heterocycles. The Balaban J connectivity index is 1.45. The fraction of sp³-hybridized carbons (Fsp3) is 0. The molecule has 222 valence electrons. The number of fused-ring (bicyclic) bond motifs is 2. The van der Waals surface area contributed by atoms with E-state index in [0.717, 1.165) is 15.4 Å². The number of hydrogen-bond acceptors (Lipinski definition) is 4. The highest BCUT2D eigenvalue weighted by atomic mass is 32.2. The third-order valence-electron chi connectivity index (χ3n) is 8.05. The molecule has 8 rings (SSSR count). The molecule has 6 aromatic rings. The summed E-state index contributed by atoms with van der Waals surface area (Å²) in [6, 6.07) is 42.3. The van der Waals surface area contributed by atoms with E-state index in [4.69, 9.17) is 9.97 Å². The first kappa shape index (κ1) is 28.5. The van der Waals surface area contributed by atoms with Crippen molar-refractivity contribution in [3.63, 3.8) is 0 Å². The van der Waals surface area contributed by atoms with Crippen LogP contribution in [0.2, 0.25) is 0 Å². The lowest BCUT2D eigenvalue weighted by molar-refractivity contribution is -0.360. The zero-order valence-electron chi connectivity index (χ0n) is 24.4. The Morgan fingerprint density at radius 3 is 1.63 bits per heavy atom. The highest BCUT2D eigenvalue weighted by molar-refractivity contribution is 8.00. The Bertz CT molecular complexity index is 2110. The molecular formula is C37H25BF2N4S2. The van der Waals surface area contributed by atoms with Crippen LogP contribution in [0, 0.1) is 0 Å². The summed E-state index contributed by atoms with van der Waals surface area (Å²) in [5.74, 6) is 0. The van der Waals surface area contributed by atoms with E-state index in [1.807, 2.05) is 133 Å². The lowest BCUT2D eigenvalue weighted by Crippen LogP contribution is -2.51. The molecule has 4 aromatic carbocycles. The van der Waals surface area contributed by atoms with Gasteiger partial charge in [0.1, 0.15) is 16.4 Å². The van der Waals surface area contributed by atoms with Crippen LogP contribution in [0.25, 0.3) is 16.8 Å². The summed E-state index contributed by atoms with van der Waals surface area (Å²) in [5.41, 5.74) is 4.55. The van der Waals surface area contributed by atoms with Crippen molar-refractivity contribution in [3.8, 4) is 11.3 Å². The summed E-state index contributed by atoms with van der Waals surface area (Å²) >= 11 is 3.00. The molecule has 0 N–H and O–H groups in total. The van der Waals surface area contributed by atoms with Crippen molar-refractivity contribution < 1.29 is 13.1 Å². The van der Waals surface area contributed by atoms with Gasteiger partial charge in [0, 0.05) is 38.9 Å². The van der Waals surface area contributed by atoms with Gasteiger partial charge in [-0.2, -0.15) is 0 Å². The van der Waals surface area contributed by atoms with Crippen molar-refractivity contribution in [2.75, 3.05) is 0 Å². The zero-order valence-corrected chi connectivity index (χ0v) is 26.0. The highest BCUT2D eigenvalue weighted by Crippen LogP contribution is 2.48. The molecule has 0 aliphatic carbocycles.